The number of rotatable bonds is 4. The largest absolute Gasteiger partial charge is 0.478 e. The van der Waals surface area contributed by atoms with E-state index >= 15 is 0 Å². The summed E-state index contributed by atoms with van der Waals surface area (Å²) < 4.78 is 0. The van der Waals surface area contributed by atoms with Gasteiger partial charge in [-0.1, -0.05) is 23.8 Å². The predicted octanol–water partition coefficient (Wildman–Crippen LogP) is 3.71. The third-order valence-corrected chi connectivity index (χ3v) is 3.82. The molecule has 1 saturated carbocycles. The SMILES string of the molecule is Cc1ccc(NC(=O)C2CC2)c(-c2ccc(C(=O)O)cc2)c1. The van der Waals surface area contributed by atoms with Gasteiger partial charge in [-0.3, -0.25) is 4.79 Å². The summed E-state index contributed by atoms with van der Waals surface area (Å²) in [6.07, 6.45) is 1.92. The molecule has 0 aliphatic heterocycles. The highest BCUT2D eigenvalue weighted by atomic mass is 16.4. The van der Waals surface area contributed by atoms with E-state index in [1.54, 1.807) is 24.3 Å². The van der Waals surface area contributed by atoms with Gasteiger partial charge in [0.1, 0.15) is 0 Å². The van der Waals surface area contributed by atoms with Crippen LogP contribution in [0.15, 0.2) is 42.5 Å². The standard InChI is InChI=1S/C18H17NO3/c1-11-2-9-16(19-17(20)13-5-6-13)15(10-11)12-3-7-14(8-4-12)18(21)22/h2-4,7-10,13H,5-6H2,1H3,(H,19,20)(H,21,22). The van der Waals surface area contributed by atoms with E-state index in [1.807, 2.05) is 25.1 Å². The van der Waals surface area contributed by atoms with Crippen molar-refractivity contribution in [1.29, 1.82) is 0 Å². The molecule has 2 N–H and O–H groups in total. The van der Waals surface area contributed by atoms with E-state index < -0.39 is 5.97 Å². The summed E-state index contributed by atoms with van der Waals surface area (Å²) in [7, 11) is 0. The summed E-state index contributed by atoms with van der Waals surface area (Å²) in [6.45, 7) is 1.99. The maximum atomic E-state index is 12.0. The number of amides is 1. The van der Waals surface area contributed by atoms with Gasteiger partial charge in [-0.2, -0.15) is 0 Å². The first-order chi connectivity index (χ1) is 10.5. The van der Waals surface area contributed by atoms with E-state index in [0.717, 1.165) is 35.2 Å². The fraction of sp³-hybridized carbons (Fsp3) is 0.222. The molecule has 1 fully saturated rings. The Bertz CT molecular complexity index is 730. The molecule has 0 bridgehead atoms. The quantitative estimate of drug-likeness (QED) is 0.903. The molecule has 3 rings (SSSR count). The number of anilines is 1. The number of carboxylic acids is 1. The van der Waals surface area contributed by atoms with Crippen molar-refractivity contribution < 1.29 is 14.7 Å². The van der Waals surface area contributed by atoms with Crippen LogP contribution in [0.5, 0.6) is 0 Å². The van der Waals surface area contributed by atoms with E-state index in [-0.39, 0.29) is 17.4 Å². The molecule has 2 aromatic rings. The van der Waals surface area contributed by atoms with Gasteiger partial charge >= 0.3 is 5.97 Å². The molecule has 4 nitrogen and oxygen atoms in total. The van der Waals surface area contributed by atoms with Gasteiger partial charge in [0.2, 0.25) is 5.91 Å². The number of hydrogen-bond acceptors (Lipinski definition) is 2. The summed E-state index contributed by atoms with van der Waals surface area (Å²) in [5, 5.41) is 12.0. The molecular formula is C18H17NO3. The van der Waals surface area contributed by atoms with Crippen molar-refractivity contribution in [2.45, 2.75) is 19.8 Å². The van der Waals surface area contributed by atoms with Gasteiger partial charge in [0.05, 0.1) is 5.56 Å². The van der Waals surface area contributed by atoms with E-state index in [4.69, 9.17) is 5.11 Å². The van der Waals surface area contributed by atoms with Crippen LogP contribution >= 0.6 is 0 Å². The Morgan fingerprint density at radius 1 is 1.09 bits per heavy atom. The number of aromatic carboxylic acids is 1. The lowest BCUT2D eigenvalue weighted by molar-refractivity contribution is -0.117. The molecule has 1 aliphatic carbocycles. The Morgan fingerprint density at radius 2 is 1.77 bits per heavy atom. The number of benzene rings is 2. The number of carbonyl (C=O) groups is 2. The average molecular weight is 295 g/mol. The van der Waals surface area contributed by atoms with E-state index in [2.05, 4.69) is 5.32 Å². The zero-order valence-electron chi connectivity index (χ0n) is 12.3. The van der Waals surface area contributed by atoms with Crippen LogP contribution in [0.3, 0.4) is 0 Å². The van der Waals surface area contributed by atoms with Crippen molar-refractivity contribution in [1.82, 2.24) is 0 Å². The first-order valence-electron chi connectivity index (χ1n) is 7.30. The van der Waals surface area contributed by atoms with Crippen LogP contribution in [-0.2, 0) is 4.79 Å². The summed E-state index contributed by atoms with van der Waals surface area (Å²) >= 11 is 0. The van der Waals surface area contributed by atoms with Gasteiger partial charge in [0.15, 0.2) is 0 Å². The van der Waals surface area contributed by atoms with Crippen molar-refractivity contribution in [3.63, 3.8) is 0 Å². The van der Waals surface area contributed by atoms with E-state index in [1.165, 1.54) is 0 Å². The monoisotopic (exact) mass is 295 g/mol. The summed E-state index contributed by atoms with van der Waals surface area (Å²) in [6, 6.07) is 12.5. The highest BCUT2D eigenvalue weighted by Gasteiger charge is 2.30. The second-order valence-electron chi connectivity index (χ2n) is 5.70. The molecule has 0 saturated heterocycles. The van der Waals surface area contributed by atoms with Gasteiger partial charge in [-0.25, -0.2) is 4.79 Å². The van der Waals surface area contributed by atoms with Crippen LogP contribution in [0, 0.1) is 12.8 Å². The fourth-order valence-electron chi connectivity index (χ4n) is 2.38. The van der Waals surface area contributed by atoms with Crippen LogP contribution in [-0.4, -0.2) is 17.0 Å². The third-order valence-electron chi connectivity index (χ3n) is 3.82. The normalized spacial score (nSPS) is 13.7. The molecule has 0 radical (unpaired) electrons. The first-order valence-corrected chi connectivity index (χ1v) is 7.30. The molecule has 1 aliphatic rings. The second-order valence-corrected chi connectivity index (χ2v) is 5.70. The van der Waals surface area contributed by atoms with Gasteiger partial charge in [-0.15, -0.1) is 0 Å². The third kappa shape index (κ3) is 3.01. The minimum absolute atomic E-state index is 0.0623. The molecule has 112 valence electrons. The Hall–Kier alpha value is -2.62. The highest BCUT2D eigenvalue weighted by molar-refractivity contribution is 5.98. The molecule has 1 amide bonds. The van der Waals surface area contributed by atoms with Crippen molar-refractivity contribution in [3.8, 4) is 11.1 Å². The van der Waals surface area contributed by atoms with Crippen LogP contribution < -0.4 is 5.32 Å². The van der Waals surface area contributed by atoms with E-state index in [0.29, 0.717) is 0 Å². The van der Waals surface area contributed by atoms with Crippen LogP contribution in [0.25, 0.3) is 11.1 Å². The molecule has 0 unspecified atom stereocenters. The summed E-state index contributed by atoms with van der Waals surface area (Å²) in [5.74, 6) is -0.742. The zero-order chi connectivity index (χ0) is 15.7. The van der Waals surface area contributed by atoms with Crippen LogP contribution in [0.1, 0.15) is 28.8 Å². The van der Waals surface area contributed by atoms with Gasteiger partial charge in [0, 0.05) is 17.2 Å². The molecule has 4 heteroatoms. The second kappa shape index (κ2) is 5.64. The maximum absolute atomic E-state index is 12.0. The van der Waals surface area contributed by atoms with Crippen molar-refractivity contribution in [2.24, 2.45) is 5.92 Å². The molecule has 0 spiro atoms. The number of carboxylic acid groups (broad SMARTS) is 1. The number of nitrogens with one attached hydrogen (secondary N) is 1. The lowest BCUT2D eigenvalue weighted by atomic mass is 10.00. The summed E-state index contributed by atoms with van der Waals surface area (Å²) in [5.41, 5.74) is 3.90. The van der Waals surface area contributed by atoms with Crippen molar-refractivity contribution in [2.75, 3.05) is 5.32 Å². The first kappa shape index (κ1) is 14.3. The average Bonchev–Trinajstić information content (AvgIpc) is 3.34. The number of carbonyl (C=O) groups excluding carboxylic acids is 1. The fourth-order valence-corrected chi connectivity index (χ4v) is 2.38. The zero-order valence-corrected chi connectivity index (χ0v) is 12.3. The molecule has 0 heterocycles. The maximum Gasteiger partial charge on any atom is 0.335 e. The Labute approximate surface area is 128 Å². The van der Waals surface area contributed by atoms with Crippen LogP contribution in [0.4, 0.5) is 5.69 Å². The van der Waals surface area contributed by atoms with Crippen molar-refractivity contribution in [3.05, 3.63) is 53.6 Å². The Kier molecular flexibility index (Phi) is 3.67. The minimum atomic E-state index is -0.946. The van der Waals surface area contributed by atoms with Crippen LogP contribution in [0.2, 0.25) is 0 Å². The predicted molar refractivity (Wildman–Crippen MR) is 84.9 cm³/mol. The Morgan fingerprint density at radius 3 is 2.36 bits per heavy atom. The molecule has 22 heavy (non-hydrogen) atoms. The van der Waals surface area contributed by atoms with Gasteiger partial charge in [-0.05, 0) is 49.6 Å². The molecular weight excluding hydrogens is 278 g/mol. The number of hydrogen-bond donors (Lipinski definition) is 2. The molecule has 0 atom stereocenters. The smallest absolute Gasteiger partial charge is 0.335 e. The van der Waals surface area contributed by atoms with Gasteiger partial charge in [0.25, 0.3) is 0 Å². The lowest BCUT2D eigenvalue weighted by Gasteiger charge is -2.12. The lowest BCUT2D eigenvalue weighted by Crippen LogP contribution is -2.14. The number of aryl methyl sites for hydroxylation is 1. The Balaban J connectivity index is 1.95. The summed E-state index contributed by atoms with van der Waals surface area (Å²) in [4.78, 5) is 22.9. The minimum Gasteiger partial charge on any atom is -0.478 e. The highest BCUT2D eigenvalue weighted by Crippen LogP contribution is 2.33. The van der Waals surface area contributed by atoms with Gasteiger partial charge < -0.3 is 10.4 Å². The van der Waals surface area contributed by atoms with E-state index in [9.17, 15) is 9.59 Å². The molecule has 2 aromatic carbocycles. The topological polar surface area (TPSA) is 66.4 Å². The van der Waals surface area contributed by atoms with Crippen molar-refractivity contribution >= 4 is 17.6 Å². The molecule has 0 aromatic heterocycles.